The number of nitrogens with one attached hydrogen (secondary N) is 3. The number of Topliss-reactive ketones (excluding diaryl/α,β-unsaturated/α-hetero) is 1. The van der Waals surface area contributed by atoms with Crippen molar-refractivity contribution in [1.29, 1.82) is 0 Å². The Morgan fingerprint density at radius 1 is 1.39 bits per heavy atom. The molecule has 0 aromatic heterocycles. The summed E-state index contributed by atoms with van der Waals surface area (Å²) >= 11 is 1.71. The van der Waals surface area contributed by atoms with Gasteiger partial charge in [-0.25, -0.2) is 0 Å². The van der Waals surface area contributed by atoms with Crippen LogP contribution in [0.15, 0.2) is 0 Å². The summed E-state index contributed by atoms with van der Waals surface area (Å²) in [7, 11) is 1.93. The number of aliphatic hydroxyl groups excluding tert-OH is 1. The van der Waals surface area contributed by atoms with Gasteiger partial charge in [0.15, 0.2) is 0 Å². The smallest absolute Gasteiger partial charge is 0.130 e. The Balaban J connectivity index is 4.49. The van der Waals surface area contributed by atoms with Crippen LogP contribution in [0.3, 0.4) is 0 Å². The number of rotatable bonds is 16. The van der Waals surface area contributed by atoms with Crippen molar-refractivity contribution in [3.8, 4) is 0 Å². The number of ketones is 1. The number of nitrogens with two attached hydrogens (primary N) is 1. The first-order valence-electron chi connectivity index (χ1n) is 8.64. The van der Waals surface area contributed by atoms with E-state index < -0.39 is 6.23 Å². The standard InChI is InChI=1S/C16H36N4O2S/c1-4-9-19-16(22)15(12-23-10-7-13(2)21)20-14(11-18-3)6-5-8-17/h14-16,18-20,22H,4-12,17H2,1-3H3. The molecule has 0 bridgehead atoms. The van der Waals surface area contributed by atoms with Crippen LogP contribution in [0.5, 0.6) is 0 Å². The van der Waals surface area contributed by atoms with Gasteiger partial charge in [0.05, 0.1) is 6.04 Å². The predicted octanol–water partition coefficient (Wildman–Crippen LogP) is 0.302. The van der Waals surface area contributed by atoms with Crippen LogP contribution >= 0.6 is 11.8 Å². The van der Waals surface area contributed by atoms with Gasteiger partial charge in [0, 0.05) is 30.5 Å². The van der Waals surface area contributed by atoms with Crippen molar-refractivity contribution < 1.29 is 9.90 Å². The zero-order chi connectivity index (χ0) is 17.5. The van der Waals surface area contributed by atoms with E-state index in [1.165, 1.54) is 0 Å². The van der Waals surface area contributed by atoms with E-state index in [-0.39, 0.29) is 17.9 Å². The minimum Gasteiger partial charge on any atom is -0.377 e. The Hall–Kier alpha value is -0.180. The number of carbonyl (C=O) groups is 1. The zero-order valence-electron chi connectivity index (χ0n) is 14.9. The van der Waals surface area contributed by atoms with E-state index in [0.29, 0.717) is 13.0 Å². The lowest BCUT2D eigenvalue weighted by atomic mass is 10.1. The van der Waals surface area contributed by atoms with E-state index in [0.717, 1.165) is 43.9 Å². The Labute approximate surface area is 145 Å². The third-order valence-corrected chi connectivity index (χ3v) is 4.63. The summed E-state index contributed by atoms with van der Waals surface area (Å²) in [4.78, 5) is 11.0. The number of likely N-dealkylation sites (N-methyl/N-ethyl adjacent to an activating group) is 1. The molecule has 0 radical (unpaired) electrons. The highest BCUT2D eigenvalue weighted by Gasteiger charge is 2.21. The Morgan fingerprint density at radius 2 is 2.13 bits per heavy atom. The summed E-state index contributed by atoms with van der Waals surface area (Å²) in [6.45, 7) is 6.00. The topological polar surface area (TPSA) is 99.4 Å². The fourth-order valence-corrected chi connectivity index (χ4v) is 3.38. The summed E-state index contributed by atoms with van der Waals surface area (Å²) < 4.78 is 0. The fourth-order valence-electron chi connectivity index (χ4n) is 2.25. The maximum atomic E-state index is 11.0. The van der Waals surface area contributed by atoms with Crippen molar-refractivity contribution in [2.75, 3.05) is 38.2 Å². The molecule has 3 unspecified atom stereocenters. The summed E-state index contributed by atoms with van der Waals surface area (Å²) in [6, 6.07) is 0.231. The molecule has 6 N–H and O–H groups in total. The van der Waals surface area contributed by atoms with Gasteiger partial charge in [0.25, 0.3) is 0 Å². The zero-order valence-corrected chi connectivity index (χ0v) is 15.8. The summed E-state index contributed by atoms with van der Waals surface area (Å²) in [5.41, 5.74) is 5.61. The average molecular weight is 349 g/mol. The Kier molecular flexibility index (Phi) is 15.2. The monoisotopic (exact) mass is 348 g/mol. The largest absolute Gasteiger partial charge is 0.377 e. The highest BCUT2D eigenvalue weighted by Crippen LogP contribution is 2.09. The molecule has 0 aliphatic rings. The summed E-state index contributed by atoms with van der Waals surface area (Å²) in [5.74, 6) is 1.78. The van der Waals surface area contributed by atoms with E-state index in [4.69, 9.17) is 5.73 Å². The summed E-state index contributed by atoms with van der Waals surface area (Å²) in [6.07, 6.45) is 2.92. The minimum atomic E-state index is -0.586. The molecule has 0 aromatic rings. The fraction of sp³-hybridized carbons (Fsp3) is 0.938. The van der Waals surface area contributed by atoms with Crippen LogP contribution in [0.4, 0.5) is 0 Å². The molecule has 0 aliphatic heterocycles. The van der Waals surface area contributed by atoms with Gasteiger partial charge in [0.2, 0.25) is 0 Å². The van der Waals surface area contributed by atoms with Crippen LogP contribution in [0.25, 0.3) is 0 Å². The normalized spacial score (nSPS) is 15.3. The molecule has 0 spiro atoms. The molecule has 0 aromatic carbocycles. The molecule has 0 saturated heterocycles. The van der Waals surface area contributed by atoms with Crippen molar-refractivity contribution in [2.45, 2.75) is 57.8 Å². The predicted molar refractivity (Wildman–Crippen MR) is 99.9 cm³/mol. The molecule has 0 amide bonds. The van der Waals surface area contributed by atoms with E-state index in [1.54, 1.807) is 18.7 Å². The molecule has 0 heterocycles. The van der Waals surface area contributed by atoms with Crippen molar-refractivity contribution in [3.05, 3.63) is 0 Å². The van der Waals surface area contributed by atoms with Crippen LogP contribution in [0.1, 0.15) is 39.5 Å². The van der Waals surface area contributed by atoms with Crippen molar-refractivity contribution >= 4 is 17.5 Å². The highest BCUT2D eigenvalue weighted by molar-refractivity contribution is 7.99. The van der Waals surface area contributed by atoms with Gasteiger partial charge < -0.3 is 21.5 Å². The number of carbonyl (C=O) groups excluding carboxylic acids is 1. The third kappa shape index (κ3) is 12.9. The molecular weight excluding hydrogens is 312 g/mol. The van der Waals surface area contributed by atoms with Crippen LogP contribution < -0.4 is 21.7 Å². The lowest BCUT2D eigenvalue weighted by Gasteiger charge is -2.29. The third-order valence-electron chi connectivity index (χ3n) is 3.54. The number of hydrogen-bond acceptors (Lipinski definition) is 7. The lowest BCUT2D eigenvalue weighted by molar-refractivity contribution is -0.116. The first-order chi connectivity index (χ1) is 11.0. The Bertz CT molecular complexity index is 295. The molecule has 23 heavy (non-hydrogen) atoms. The molecule has 0 rings (SSSR count). The number of hydrogen-bond donors (Lipinski definition) is 5. The molecule has 6 nitrogen and oxygen atoms in total. The highest BCUT2D eigenvalue weighted by atomic mass is 32.2. The van der Waals surface area contributed by atoms with Gasteiger partial charge in [-0.05, 0) is 46.3 Å². The maximum Gasteiger partial charge on any atom is 0.130 e. The average Bonchev–Trinajstić information content (AvgIpc) is 2.52. The Morgan fingerprint density at radius 3 is 2.70 bits per heavy atom. The van der Waals surface area contributed by atoms with Gasteiger partial charge in [-0.3, -0.25) is 10.1 Å². The van der Waals surface area contributed by atoms with Gasteiger partial charge in [-0.2, -0.15) is 11.8 Å². The quantitative estimate of drug-likeness (QED) is 0.202. The first-order valence-corrected chi connectivity index (χ1v) is 9.79. The van der Waals surface area contributed by atoms with Crippen molar-refractivity contribution in [3.63, 3.8) is 0 Å². The van der Waals surface area contributed by atoms with Gasteiger partial charge in [-0.15, -0.1) is 0 Å². The van der Waals surface area contributed by atoms with Crippen LogP contribution in [-0.4, -0.2) is 67.4 Å². The second-order valence-electron chi connectivity index (χ2n) is 5.88. The van der Waals surface area contributed by atoms with Gasteiger partial charge >= 0.3 is 0 Å². The van der Waals surface area contributed by atoms with Crippen LogP contribution in [0, 0.1) is 0 Å². The first kappa shape index (κ1) is 22.8. The van der Waals surface area contributed by atoms with Gasteiger partial charge in [0.1, 0.15) is 12.0 Å². The summed E-state index contributed by atoms with van der Waals surface area (Å²) in [5, 5.41) is 20.3. The minimum absolute atomic E-state index is 0.0466. The lowest BCUT2D eigenvalue weighted by Crippen LogP contribution is -2.54. The SMILES string of the molecule is CCCNC(O)C(CSCCC(C)=O)NC(CCCN)CNC. The second kappa shape index (κ2) is 15.4. The number of thioether (sulfide) groups is 1. The molecule has 0 saturated carbocycles. The van der Waals surface area contributed by atoms with E-state index in [1.807, 2.05) is 7.05 Å². The molecular formula is C16H36N4O2S. The van der Waals surface area contributed by atoms with Gasteiger partial charge in [-0.1, -0.05) is 6.92 Å². The second-order valence-corrected chi connectivity index (χ2v) is 7.03. The molecule has 3 atom stereocenters. The molecule has 0 fully saturated rings. The van der Waals surface area contributed by atoms with E-state index in [9.17, 15) is 9.90 Å². The van der Waals surface area contributed by atoms with Crippen molar-refractivity contribution in [2.24, 2.45) is 5.73 Å². The number of aliphatic hydroxyl groups is 1. The van der Waals surface area contributed by atoms with Crippen LogP contribution in [0.2, 0.25) is 0 Å². The molecule has 138 valence electrons. The van der Waals surface area contributed by atoms with Crippen LogP contribution in [-0.2, 0) is 4.79 Å². The van der Waals surface area contributed by atoms with E-state index >= 15 is 0 Å². The molecule has 7 heteroatoms. The van der Waals surface area contributed by atoms with E-state index in [2.05, 4.69) is 22.9 Å². The maximum absolute atomic E-state index is 11.0. The molecule has 0 aliphatic carbocycles. The van der Waals surface area contributed by atoms with Crippen molar-refractivity contribution in [1.82, 2.24) is 16.0 Å².